The summed E-state index contributed by atoms with van der Waals surface area (Å²) >= 11 is 0. The van der Waals surface area contributed by atoms with Gasteiger partial charge in [0.15, 0.2) is 0 Å². The number of carbonyl (C=O) groups excluding carboxylic acids is 2. The molecule has 1 fully saturated rings. The van der Waals surface area contributed by atoms with Gasteiger partial charge >= 0.3 is 6.09 Å². The molecule has 1 heterocycles. The molecule has 1 aliphatic heterocycles. The summed E-state index contributed by atoms with van der Waals surface area (Å²) in [5.41, 5.74) is 1.43. The molecule has 0 aliphatic carbocycles. The normalized spacial score (nSPS) is 17.5. The summed E-state index contributed by atoms with van der Waals surface area (Å²) < 4.78 is 10.6. The first-order chi connectivity index (χ1) is 16.8. The monoisotopic (exact) mass is 489 g/mol. The van der Waals surface area contributed by atoms with E-state index in [4.69, 9.17) is 9.47 Å². The number of aliphatic hydroxyl groups excluding tert-OH is 1. The van der Waals surface area contributed by atoms with Crippen LogP contribution in [0.1, 0.15) is 23.3 Å². The van der Waals surface area contributed by atoms with Crippen molar-refractivity contribution in [3.05, 3.63) is 96.1 Å². The lowest BCUT2D eigenvalue weighted by Gasteiger charge is -2.33. The number of aliphatic hydroxyl groups is 1. The highest BCUT2D eigenvalue weighted by molar-refractivity contribution is 6.90. The summed E-state index contributed by atoms with van der Waals surface area (Å²) in [6.45, 7) is 4.46. The molecule has 3 aromatic carbocycles. The van der Waals surface area contributed by atoms with Crippen molar-refractivity contribution in [3.63, 3.8) is 0 Å². The van der Waals surface area contributed by atoms with E-state index in [1.807, 2.05) is 48.5 Å². The van der Waals surface area contributed by atoms with E-state index in [0.29, 0.717) is 17.4 Å². The fourth-order valence-electron chi connectivity index (χ4n) is 4.69. The molecule has 0 unspecified atom stereocenters. The summed E-state index contributed by atoms with van der Waals surface area (Å²) in [7, 11) is -0.599. The van der Waals surface area contributed by atoms with E-state index in [1.165, 1.54) is 10.1 Å². The molecule has 2 amide bonds. The van der Waals surface area contributed by atoms with Crippen LogP contribution in [0.4, 0.5) is 4.79 Å². The highest BCUT2D eigenvalue weighted by Gasteiger charge is 2.45. The van der Waals surface area contributed by atoms with Gasteiger partial charge < -0.3 is 14.6 Å². The van der Waals surface area contributed by atoms with Gasteiger partial charge in [0, 0.05) is 0 Å². The number of cyclic esters (lactones) is 1. The van der Waals surface area contributed by atoms with E-state index in [9.17, 15) is 14.7 Å². The summed E-state index contributed by atoms with van der Waals surface area (Å²) in [5, 5.41) is 12.7. The maximum absolute atomic E-state index is 14.0. The number of imide groups is 1. The van der Waals surface area contributed by atoms with Gasteiger partial charge in [-0.2, -0.15) is 0 Å². The van der Waals surface area contributed by atoms with E-state index >= 15 is 0 Å². The predicted molar refractivity (Wildman–Crippen MR) is 137 cm³/mol. The molecule has 4 rings (SSSR count). The van der Waals surface area contributed by atoms with E-state index in [0.717, 1.165) is 5.56 Å². The fourth-order valence-corrected chi connectivity index (χ4v) is 7.52. The smallest absolute Gasteiger partial charge is 0.417 e. The van der Waals surface area contributed by atoms with Crippen molar-refractivity contribution in [3.8, 4) is 5.75 Å². The topological polar surface area (TPSA) is 76.1 Å². The zero-order valence-corrected chi connectivity index (χ0v) is 21.3. The van der Waals surface area contributed by atoms with Crippen LogP contribution in [0.15, 0.2) is 84.9 Å². The standard InChI is InChI=1S/C28H31NO5Si/c1-33-22-16-14-21(15-17-22)26(30)24(19-35(2,3)23-12-8-5-9-13-23)27(31)29-25(18-34-28(29)32)20-10-6-4-7-11-20/h4-17,24-26,30H,18-19H2,1-3H3/t24-,25+,26+/m0/s1. The van der Waals surface area contributed by atoms with Crippen molar-refractivity contribution in [2.75, 3.05) is 13.7 Å². The van der Waals surface area contributed by atoms with Crippen LogP contribution in [0.5, 0.6) is 5.75 Å². The third-order valence-electron chi connectivity index (χ3n) is 6.74. The third-order valence-corrected chi connectivity index (χ3v) is 10.1. The van der Waals surface area contributed by atoms with Gasteiger partial charge in [-0.3, -0.25) is 4.79 Å². The van der Waals surface area contributed by atoms with Crippen molar-refractivity contribution >= 4 is 25.3 Å². The maximum Gasteiger partial charge on any atom is 0.417 e. The summed E-state index contributed by atoms with van der Waals surface area (Å²) in [5.74, 6) is -0.571. The second kappa shape index (κ2) is 10.5. The summed E-state index contributed by atoms with van der Waals surface area (Å²) in [6, 6.07) is 26.5. The van der Waals surface area contributed by atoms with Gasteiger partial charge in [0.2, 0.25) is 5.91 Å². The fraction of sp³-hybridized carbons (Fsp3) is 0.286. The highest BCUT2D eigenvalue weighted by Crippen LogP contribution is 2.36. The molecule has 182 valence electrons. The molecule has 1 N–H and O–H groups in total. The molecule has 0 saturated carbocycles. The van der Waals surface area contributed by atoms with Crippen LogP contribution in [0.2, 0.25) is 19.1 Å². The first kappa shape index (κ1) is 24.7. The molecule has 0 aromatic heterocycles. The lowest BCUT2D eigenvalue weighted by Crippen LogP contribution is -2.48. The number of nitrogens with zero attached hydrogens (tertiary/aromatic N) is 1. The zero-order chi connectivity index (χ0) is 25.0. The Kier molecular flexibility index (Phi) is 7.38. The lowest BCUT2D eigenvalue weighted by atomic mass is 9.94. The molecular weight excluding hydrogens is 458 g/mol. The Labute approximate surface area is 207 Å². The predicted octanol–water partition coefficient (Wildman–Crippen LogP) is 4.68. The number of hydrogen-bond donors (Lipinski definition) is 1. The Hall–Kier alpha value is -3.42. The summed E-state index contributed by atoms with van der Waals surface area (Å²) in [6.07, 6.45) is -1.76. The second-order valence-electron chi connectivity index (χ2n) is 9.49. The van der Waals surface area contributed by atoms with Crippen LogP contribution in [-0.4, -0.2) is 43.8 Å². The van der Waals surface area contributed by atoms with E-state index < -0.39 is 38.1 Å². The van der Waals surface area contributed by atoms with Crippen LogP contribution in [0, 0.1) is 5.92 Å². The minimum absolute atomic E-state index is 0.0967. The molecule has 6 nitrogen and oxygen atoms in total. The Bertz CT molecular complexity index is 1150. The first-order valence-corrected chi connectivity index (χ1v) is 14.9. The third kappa shape index (κ3) is 5.31. The van der Waals surface area contributed by atoms with Gasteiger partial charge in [0.25, 0.3) is 0 Å². The van der Waals surface area contributed by atoms with Crippen LogP contribution < -0.4 is 9.92 Å². The minimum atomic E-state index is -2.18. The zero-order valence-electron chi connectivity index (χ0n) is 20.3. The minimum Gasteiger partial charge on any atom is -0.497 e. The number of ether oxygens (including phenoxy) is 2. The number of hydrogen-bond acceptors (Lipinski definition) is 5. The number of carbonyl (C=O) groups is 2. The van der Waals surface area contributed by atoms with Crippen molar-refractivity contribution in [1.82, 2.24) is 4.90 Å². The van der Waals surface area contributed by atoms with Crippen LogP contribution in [-0.2, 0) is 9.53 Å². The van der Waals surface area contributed by atoms with Crippen molar-refractivity contribution in [2.45, 2.75) is 31.3 Å². The van der Waals surface area contributed by atoms with Gasteiger partial charge in [0.1, 0.15) is 18.4 Å². The number of methoxy groups -OCH3 is 1. The largest absolute Gasteiger partial charge is 0.497 e. The van der Waals surface area contributed by atoms with Crippen LogP contribution >= 0.6 is 0 Å². The van der Waals surface area contributed by atoms with Gasteiger partial charge in [-0.1, -0.05) is 91.1 Å². The van der Waals surface area contributed by atoms with Crippen molar-refractivity contribution in [1.29, 1.82) is 0 Å². The summed E-state index contributed by atoms with van der Waals surface area (Å²) in [4.78, 5) is 28.0. The molecule has 0 bridgehead atoms. The van der Waals surface area contributed by atoms with E-state index in [2.05, 4.69) is 25.2 Å². The molecule has 0 radical (unpaired) electrons. The van der Waals surface area contributed by atoms with Crippen LogP contribution in [0.3, 0.4) is 0 Å². The Balaban J connectivity index is 1.71. The number of rotatable bonds is 8. The Morgan fingerprint density at radius 2 is 1.63 bits per heavy atom. The van der Waals surface area contributed by atoms with Gasteiger partial charge in [0.05, 0.1) is 27.2 Å². The van der Waals surface area contributed by atoms with Crippen LogP contribution in [0.25, 0.3) is 0 Å². The van der Waals surface area contributed by atoms with Gasteiger partial charge in [-0.15, -0.1) is 0 Å². The molecular formula is C28H31NO5Si. The van der Waals surface area contributed by atoms with E-state index in [-0.39, 0.29) is 6.61 Å². The maximum atomic E-state index is 14.0. The molecule has 35 heavy (non-hydrogen) atoms. The second-order valence-corrected chi connectivity index (χ2v) is 14.2. The number of benzene rings is 3. The van der Waals surface area contributed by atoms with Crippen molar-refractivity contribution in [2.24, 2.45) is 5.92 Å². The molecule has 1 aliphatic rings. The lowest BCUT2D eigenvalue weighted by molar-refractivity contribution is -0.136. The van der Waals surface area contributed by atoms with Crippen molar-refractivity contribution < 1.29 is 24.2 Å². The Morgan fingerprint density at radius 1 is 1.03 bits per heavy atom. The number of amides is 2. The first-order valence-electron chi connectivity index (χ1n) is 11.7. The molecule has 1 saturated heterocycles. The van der Waals surface area contributed by atoms with E-state index in [1.54, 1.807) is 31.4 Å². The Morgan fingerprint density at radius 3 is 2.23 bits per heavy atom. The van der Waals surface area contributed by atoms with Gasteiger partial charge in [-0.05, 0) is 29.3 Å². The van der Waals surface area contributed by atoms with Gasteiger partial charge in [-0.25, -0.2) is 9.69 Å². The quantitative estimate of drug-likeness (QED) is 0.465. The highest BCUT2D eigenvalue weighted by atomic mass is 28.3. The molecule has 0 spiro atoms. The average molecular weight is 490 g/mol. The SMILES string of the molecule is COc1ccc([C@@H](O)[C@H](C[Si](C)(C)c2ccccc2)C(=O)N2C(=O)OC[C@@H]2c2ccccc2)cc1. The molecule has 3 aromatic rings. The molecule has 7 heteroatoms. The average Bonchev–Trinajstić information content (AvgIpc) is 3.29. The molecule has 3 atom stereocenters.